The van der Waals surface area contributed by atoms with Crippen LogP contribution in [0.4, 0.5) is 5.69 Å². The van der Waals surface area contributed by atoms with Crippen LogP contribution in [0.1, 0.15) is 15.9 Å². The number of nitro benzene ring substituents is 1. The van der Waals surface area contributed by atoms with Crippen LogP contribution in [-0.4, -0.2) is 31.3 Å². The van der Waals surface area contributed by atoms with Crippen LogP contribution < -0.4 is 14.9 Å². The largest absolute Gasteiger partial charge is 0.496 e. The molecule has 130 valence electrons. The molecule has 8 nitrogen and oxygen atoms in total. The molecule has 0 atom stereocenters. The SMILES string of the molecule is COc1cc(OC)c(/C=N\NC(=O)c2ccccc2[N+](=O)[O-])cc1Br. The maximum absolute atomic E-state index is 12.1. The first-order valence-corrected chi connectivity index (χ1v) is 7.75. The van der Waals surface area contributed by atoms with Gasteiger partial charge in [-0.1, -0.05) is 12.1 Å². The minimum atomic E-state index is -0.685. The number of nitrogens with one attached hydrogen (secondary N) is 1. The van der Waals surface area contributed by atoms with Crippen LogP contribution >= 0.6 is 15.9 Å². The van der Waals surface area contributed by atoms with Crippen molar-refractivity contribution in [3.63, 3.8) is 0 Å². The zero-order valence-electron chi connectivity index (χ0n) is 13.4. The van der Waals surface area contributed by atoms with Gasteiger partial charge in [-0.2, -0.15) is 5.10 Å². The van der Waals surface area contributed by atoms with Gasteiger partial charge >= 0.3 is 0 Å². The molecule has 9 heteroatoms. The predicted octanol–water partition coefficient (Wildman–Crippen LogP) is 3.14. The van der Waals surface area contributed by atoms with Crippen LogP contribution in [0.25, 0.3) is 0 Å². The van der Waals surface area contributed by atoms with Crippen molar-refractivity contribution in [2.45, 2.75) is 0 Å². The Balaban J connectivity index is 2.20. The number of methoxy groups -OCH3 is 2. The molecule has 0 saturated carbocycles. The number of ether oxygens (including phenoxy) is 2. The number of nitro groups is 1. The average Bonchev–Trinajstić information content (AvgIpc) is 2.61. The fraction of sp³-hybridized carbons (Fsp3) is 0.125. The third-order valence-electron chi connectivity index (χ3n) is 3.22. The molecule has 2 aromatic rings. The van der Waals surface area contributed by atoms with Gasteiger partial charge < -0.3 is 9.47 Å². The Morgan fingerprint density at radius 2 is 1.92 bits per heavy atom. The molecular formula is C16H14BrN3O5. The molecule has 0 saturated heterocycles. The number of benzene rings is 2. The van der Waals surface area contributed by atoms with Crippen molar-refractivity contribution in [2.75, 3.05) is 14.2 Å². The van der Waals surface area contributed by atoms with Crippen LogP contribution in [0.5, 0.6) is 11.5 Å². The van der Waals surface area contributed by atoms with E-state index in [0.29, 0.717) is 21.5 Å². The molecule has 2 aromatic carbocycles. The van der Waals surface area contributed by atoms with Crippen LogP contribution in [0, 0.1) is 10.1 Å². The second-order valence-corrected chi connectivity index (χ2v) is 5.56. The molecule has 0 spiro atoms. The third kappa shape index (κ3) is 4.32. The van der Waals surface area contributed by atoms with E-state index in [-0.39, 0.29) is 11.3 Å². The monoisotopic (exact) mass is 407 g/mol. The summed E-state index contributed by atoms with van der Waals surface area (Å²) in [4.78, 5) is 22.4. The van der Waals surface area contributed by atoms with Gasteiger partial charge in [-0.25, -0.2) is 5.43 Å². The van der Waals surface area contributed by atoms with Gasteiger partial charge in [0.25, 0.3) is 11.6 Å². The topological polar surface area (TPSA) is 103 Å². The summed E-state index contributed by atoms with van der Waals surface area (Å²) in [6.45, 7) is 0. The fourth-order valence-electron chi connectivity index (χ4n) is 2.03. The van der Waals surface area contributed by atoms with Gasteiger partial charge in [-0.05, 0) is 28.1 Å². The molecule has 0 aliphatic heterocycles. The van der Waals surface area contributed by atoms with Crippen LogP contribution in [0.3, 0.4) is 0 Å². The number of amides is 1. The number of halogens is 1. The Bertz CT molecular complexity index is 839. The summed E-state index contributed by atoms with van der Waals surface area (Å²) in [5.74, 6) is 0.386. The van der Waals surface area contributed by atoms with Crippen LogP contribution in [0.15, 0.2) is 46.0 Å². The Morgan fingerprint density at radius 1 is 1.24 bits per heavy atom. The first-order chi connectivity index (χ1) is 12.0. The average molecular weight is 408 g/mol. The van der Waals surface area contributed by atoms with Gasteiger partial charge in [0, 0.05) is 17.7 Å². The zero-order valence-corrected chi connectivity index (χ0v) is 14.9. The van der Waals surface area contributed by atoms with Crippen LogP contribution in [0.2, 0.25) is 0 Å². The molecule has 0 aromatic heterocycles. The quantitative estimate of drug-likeness (QED) is 0.450. The summed E-state index contributed by atoms with van der Waals surface area (Å²) in [6.07, 6.45) is 1.37. The lowest BCUT2D eigenvalue weighted by atomic mass is 10.2. The highest BCUT2D eigenvalue weighted by Crippen LogP contribution is 2.31. The second kappa shape index (κ2) is 8.25. The van der Waals surface area contributed by atoms with E-state index in [1.807, 2.05) is 0 Å². The maximum Gasteiger partial charge on any atom is 0.282 e. The van der Waals surface area contributed by atoms with Crippen molar-refractivity contribution in [3.05, 3.63) is 62.1 Å². The molecule has 0 unspecified atom stereocenters. The summed E-state index contributed by atoms with van der Waals surface area (Å²) < 4.78 is 11.1. The van der Waals surface area contributed by atoms with E-state index in [2.05, 4.69) is 26.5 Å². The molecule has 0 bridgehead atoms. The first kappa shape index (κ1) is 18.4. The van der Waals surface area contributed by atoms with E-state index in [9.17, 15) is 14.9 Å². The maximum atomic E-state index is 12.1. The molecule has 1 N–H and O–H groups in total. The second-order valence-electron chi connectivity index (χ2n) is 4.70. The van der Waals surface area contributed by atoms with Gasteiger partial charge in [0.1, 0.15) is 17.1 Å². The highest BCUT2D eigenvalue weighted by Gasteiger charge is 2.18. The number of para-hydroxylation sites is 1. The summed E-state index contributed by atoms with van der Waals surface area (Å²) >= 11 is 3.35. The molecule has 0 fully saturated rings. The molecular weight excluding hydrogens is 394 g/mol. The fourth-order valence-corrected chi connectivity index (χ4v) is 2.55. The standard InChI is InChI=1S/C16H14BrN3O5/c1-24-14-8-15(25-2)12(17)7-10(14)9-18-19-16(21)11-5-3-4-6-13(11)20(22)23/h3-9H,1-2H3,(H,19,21)/b18-9-. The highest BCUT2D eigenvalue weighted by molar-refractivity contribution is 9.10. The highest BCUT2D eigenvalue weighted by atomic mass is 79.9. The lowest BCUT2D eigenvalue weighted by molar-refractivity contribution is -0.385. The van der Waals surface area contributed by atoms with E-state index >= 15 is 0 Å². The van der Waals surface area contributed by atoms with Crippen molar-refractivity contribution >= 4 is 33.7 Å². The van der Waals surface area contributed by atoms with Gasteiger partial charge in [-0.15, -0.1) is 0 Å². The van der Waals surface area contributed by atoms with E-state index in [4.69, 9.17) is 9.47 Å². The van der Waals surface area contributed by atoms with Gasteiger partial charge in [0.05, 0.1) is 29.8 Å². The summed E-state index contributed by atoms with van der Waals surface area (Å²) in [5, 5.41) is 14.8. The lowest BCUT2D eigenvalue weighted by Gasteiger charge is -2.09. The van der Waals surface area contributed by atoms with Gasteiger partial charge in [0.2, 0.25) is 0 Å². The number of nitrogens with zero attached hydrogens (tertiary/aromatic N) is 2. The zero-order chi connectivity index (χ0) is 18.4. The first-order valence-electron chi connectivity index (χ1n) is 6.96. The molecule has 0 heterocycles. The molecule has 1 amide bonds. The third-order valence-corrected chi connectivity index (χ3v) is 3.84. The van der Waals surface area contributed by atoms with Gasteiger partial charge in [-0.3, -0.25) is 14.9 Å². The van der Waals surface area contributed by atoms with Crippen molar-refractivity contribution in [2.24, 2.45) is 5.10 Å². The number of hydrazone groups is 1. The summed E-state index contributed by atoms with van der Waals surface area (Å²) in [6, 6.07) is 9.00. The van der Waals surface area contributed by atoms with Crippen molar-refractivity contribution < 1.29 is 19.2 Å². The molecule has 0 radical (unpaired) electrons. The molecule has 2 rings (SSSR count). The minimum absolute atomic E-state index is 0.0764. The Morgan fingerprint density at radius 3 is 2.56 bits per heavy atom. The number of hydrogen-bond donors (Lipinski definition) is 1. The molecule has 0 aliphatic carbocycles. The summed E-state index contributed by atoms with van der Waals surface area (Å²) in [5.41, 5.74) is 2.48. The van der Waals surface area contributed by atoms with E-state index in [0.717, 1.165) is 0 Å². The van der Waals surface area contributed by atoms with Crippen LogP contribution in [-0.2, 0) is 0 Å². The minimum Gasteiger partial charge on any atom is -0.496 e. The molecule has 25 heavy (non-hydrogen) atoms. The number of carbonyl (C=O) groups is 1. The van der Waals surface area contributed by atoms with Gasteiger partial charge in [0.15, 0.2) is 0 Å². The van der Waals surface area contributed by atoms with E-state index in [1.54, 1.807) is 12.1 Å². The number of rotatable bonds is 6. The summed E-state index contributed by atoms with van der Waals surface area (Å²) in [7, 11) is 3.02. The Hall–Kier alpha value is -2.94. The number of carbonyl (C=O) groups excluding carboxylic acids is 1. The molecule has 0 aliphatic rings. The number of hydrogen-bond acceptors (Lipinski definition) is 6. The Kier molecular flexibility index (Phi) is 6.07. The smallest absolute Gasteiger partial charge is 0.282 e. The van der Waals surface area contributed by atoms with Crippen molar-refractivity contribution in [1.82, 2.24) is 5.43 Å². The van der Waals surface area contributed by atoms with Crippen molar-refractivity contribution in [3.8, 4) is 11.5 Å². The normalized spacial score (nSPS) is 10.5. The van der Waals surface area contributed by atoms with E-state index in [1.165, 1.54) is 44.7 Å². The lowest BCUT2D eigenvalue weighted by Crippen LogP contribution is -2.19. The predicted molar refractivity (Wildman–Crippen MR) is 95.4 cm³/mol. The van der Waals surface area contributed by atoms with Crippen molar-refractivity contribution in [1.29, 1.82) is 0 Å². The Labute approximate surface area is 151 Å². The van der Waals surface area contributed by atoms with E-state index < -0.39 is 10.8 Å².